The van der Waals surface area contributed by atoms with Crippen molar-refractivity contribution in [2.24, 2.45) is 5.41 Å². The second kappa shape index (κ2) is 4.66. The largest absolute Gasteiger partial charge is 0.315 e. The second-order valence-corrected chi connectivity index (χ2v) is 6.88. The molecule has 0 spiro atoms. The lowest BCUT2D eigenvalue weighted by atomic mass is 10.0. The predicted molar refractivity (Wildman–Crippen MR) is 74.6 cm³/mol. The molecule has 1 aliphatic carbocycles. The molecule has 1 nitrogen and oxygen atoms in total. The van der Waals surface area contributed by atoms with Crippen molar-refractivity contribution in [1.82, 2.24) is 5.32 Å². The summed E-state index contributed by atoms with van der Waals surface area (Å²) in [4.78, 5) is 1.50. The Hall–Kier alpha value is -0.470. The highest BCUT2D eigenvalue weighted by atomic mass is 32.2. The van der Waals surface area contributed by atoms with E-state index in [1.807, 2.05) is 0 Å². The van der Waals surface area contributed by atoms with Crippen LogP contribution < -0.4 is 5.32 Å². The van der Waals surface area contributed by atoms with Crippen molar-refractivity contribution in [3.05, 3.63) is 29.8 Å². The van der Waals surface area contributed by atoms with E-state index >= 15 is 0 Å². The SMILES string of the molecule is CCC1(CNCC2Cc3ccccc3S2)CC1. The Labute approximate surface area is 108 Å². The van der Waals surface area contributed by atoms with Crippen LogP contribution in [0.15, 0.2) is 29.2 Å². The van der Waals surface area contributed by atoms with Crippen LogP contribution in [-0.4, -0.2) is 18.3 Å². The van der Waals surface area contributed by atoms with Crippen LogP contribution in [0.4, 0.5) is 0 Å². The van der Waals surface area contributed by atoms with Gasteiger partial charge in [0.25, 0.3) is 0 Å². The maximum Gasteiger partial charge on any atom is 0.0260 e. The molecule has 1 saturated carbocycles. The van der Waals surface area contributed by atoms with Gasteiger partial charge in [0.15, 0.2) is 0 Å². The number of nitrogens with one attached hydrogen (secondary N) is 1. The summed E-state index contributed by atoms with van der Waals surface area (Å²) in [5.41, 5.74) is 2.22. The first-order valence-corrected chi connectivity index (χ1v) is 7.65. The van der Waals surface area contributed by atoms with E-state index in [9.17, 15) is 0 Å². The first kappa shape index (κ1) is 11.6. The zero-order valence-electron chi connectivity index (χ0n) is 10.5. The topological polar surface area (TPSA) is 12.0 Å². The third kappa shape index (κ3) is 2.53. The predicted octanol–water partition coefficient (Wildman–Crippen LogP) is 3.48. The Bertz CT molecular complexity index is 373. The number of hydrogen-bond acceptors (Lipinski definition) is 2. The maximum absolute atomic E-state index is 3.70. The third-order valence-electron chi connectivity index (χ3n) is 4.29. The van der Waals surface area contributed by atoms with Gasteiger partial charge in [0.1, 0.15) is 0 Å². The molecule has 1 heterocycles. The van der Waals surface area contributed by atoms with Crippen molar-refractivity contribution in [2.75, 3.05) is 13.1 Å². The average molecular weight is 247 g/mol. The Morgan fingerprint density at radius 2 is 2.18 bits per heavy atom. The maximum atomic E-state index is 3.70. The highest BCUT2D eigenvalue weighted by Crippen LogP contribution is 2.48. The molecule has 1 fully saturated rings. The van der Waals surface area contributed by atoms with E-state index in [2.05, 4.69) is 48.3 Å². The molecule has 1 unspecified atom stereocenters. The van der Waals surface area contributed by atoms with E-state index in [0.29, 0.717) is 5.41 Å². The van der Waals surface area contributed by atoms with E-state index in [-0.39, 0.29) is 0 Å². The van der Waals surface area contributed by atoms with Gasteiger partial charge in [-0.15, -0.1) is 11.8 Å². The molecule has 0 saturated heterocycles. The minimum absolute atomic E-state index is 0.677. The van der Waals surface area contributed by atoms with Crippen molar-refractivity contribution >= 4 is 11.8 Å². The molecule has 1 aromatic rings. The fourth-order valence-corrected chi connectivity index (χ4v) is 3.98. The average Bonchev–Trinajstić information content (AvgIpc) is 3.01. The summed E-state index contributed by atoms with van der Waals surface area (Å²) in [6.07, 6.45) is 5.47. The first-order chi connectivity index (χ1) is 8.31. The smallest absolute Gasteiger partial charge is 0.0260 e. The van der Waals surface area contributed by atoms with Gasteiger partial charge in [0.05, 0.1) is 0 Å². The third-order valence-corrected chi connectivity index (χ3v) is 5.61. The molecule has 92 valence electrons. The van der Waals surface area contributed by atoms with Gasteiger partial charge in [-0.2, -0.15) is 0 Å². The Balaban J connectivity index is 1.46. The van der Waals surface area contributed by atoms with Crippen molar-refractivity contribution in [3.63, 3.8) is 0 Å². The number of hydrogen-bond donors (Lipinski definition) is 1. The molecule has 0 aromatic heterocycles. The second-order valence-electron chi connectivity index (χ2n) is 5.54. The van der Waals surface area contributed by atoms with E-state index in [4.69, 9.17) is 0 Å². The van der Waals surface area contributed by atoms with Crippen LogP contribution in [0.2, 0.25) is 0 Å². The molecule has 1 aliphatic heterocycles. The molecule has 17 heavy (non-hydrogen) atoms. The van der Waals surface area contributed by atoms with Gasteiger partial charge in [0, 0.05) is 23.2 Å². The summed E-state index contributed by atoms with van der Waals surface area (Å²) < 4.78 is 0. The fraction of sp³-hybridized carbons (Fsp3) is 0.600. The van der Waals surface area contributed by atoms with E-state index < -0.39 is 0 Å². The monoisotopic (exact) mass is 247 g/mol. The van der Waals surface area contributed by atoms with Crippen LogP contribution in [0.3, 0.4) is 0 Å². The van der Waals surface area contributed by atoms with Gasteiger partial charge < -0.3 is 5.32 Å². The summed E-state index contributed by atoms with van der Waals surface area (Å²) >= 11 is 2.05. The molecular weight excluding hydrogens is 226 g/mol. The minimum Gasteiger partial charge on any atom is -0.315 e. The number of rotatable bonds is 5. The summed E-state index contributed by atoms with van der Waals surface area (Å²) in [6, 6.07) is 8.84. The molecule has 1 atom stereocenters. The minimum atomic E-state index is 0.677. The lowest BCUT2D eigenvalue weighted by Gasteiger charge is -2.15. The normalized spacial score (nSPS) is 24.6. The van der Waals surface area contributed by atoms with Gasteiger partial charge in [-0.25, -0.2) is 0 Å². The molecule has 1 aromatic carbocycles. The van der Waals surface area contributed by atoms with Gasteiger partial charge in [-0.1, -0.05) is 25.1 Å². The van der Waals surface area contributed by atoms with Gasteiger partial charge in [0.2, 0.25) is 0 Å². The van der Waals surface area contributed by atoms with Crippen LogP contribution in [0, 0.1) is 5.41 Å². The lowest BCUT2D eigenvalue weighted by molar-refractivity contribution is 0.444. The van der Waals surface area contributed by atoms with E-state index in [0.717, 1.165) is 5.25 Å². The molecule has 0 bridgehead atoms. The van der Waals surface area contributed by atoms with Crippen LogP contribution in [0.1, 0.15) is 31.7 Å². The molecule has 2 aliphatic rings. The van der Waals surface area contributed by atoms with Gasteiger partial charge >= 0.3 is 0 Å². The molecule has 2 heteroatoms. The molecule has 0 radical (unpaired) electrons. The Morgan fingerprint density at radius 3 is 2.88 bits per heavy atom. The van der Waals surface area contributed by atoms with Crippen LogP contribution >= 0.6 is 11.8 Å². The summed E-state index contributed by atoms with van der Waals surface area (Å²) in [7, 11) is 0. The summed E-state index contributed by atoms with van der Waals surface area (Å²) in [5.74, 6) is 0. The molecule has 1 N–H and O–H groups in total. The standard InChI is InChI=1S/C15H21NS/c1-2-15(7-8-15)11-16-10-13-9-12-5-3-4-6-14(12)17-13/h3-6,13,16H,2,7-11H2,1H3. The van der Waals surface area contributed by atoms with Crippen LogP contribution in [0.5, 0.6) is 0 Å². The number of fused-ring (bicyclic) bond motifs is 1. The van der Waals surface area contributed by atoms with Crippen molar-refractivity contribution in [1.29, 1.82) is 0 Å². The highest BCUT2D eigenvalue weighted by molar-refractivity contribution is 8.00. The van der Waals surface area contributed by atoms with Crippen molar-refractivity contribution < 1.29 is 0 Å². The van der Waals surface area contributed by atoms with Gasteiger partial charge in [-0.05, 0) is 42.7 Å². The zero-order chi connectivity index (χ0) is 11.7. The van der Waals surface area contributed by atoms with Crippen molar-refractivity contribution in [3.8, 4) is 0 Å². The van der Waals surface area contributed by atoms with Crippen LogP contribution in [-0.2, 0) is 6.42 Å². The Morgan fingerprint density at radius 1 is 1.35 bits per heavy atom. The fourth-order valence-electron chi connectivity index (χ4n) is 2.70. The van der Waals surface area contributed by atoms with E-state index in [1.165, 1.54) is 43.7 Å². The lowest BCUT2D eigenvalue weighted by Crippen LogP contribution is -2.30. The molecular formula is C15H21NS. The number of thioether (sulfide) groups is 1. The quantitative estimate of drug-likeness (QED) is 0.855. The first-order valence-electron chi connectivity index (χ1n) is 6.77. The molecule has 3 rings (SSSR count). The van der Waals surface area contributed by atoms with E-state index in [1.54, 1.807) is 5.56 Å². The Kier molecular flexibility index (Phi) is 3.18. The highest BCUT2D eigenvalue weighted by Gasteiger charge is 2.40. The van der Waals surface area contributed by atoms with Gasteiger partial charge in [-0.3, -0.25) is 0 Å². The zero-order valence-corrected chi connectivity index (χ0v) is 11.4. The van der Waals surface area contributed by atoms with Crippen molar-refractivity contribution in [2.45, 2.75) is 42.8 Å². The summed E-state index contributed by atoms with van der Waals surface area (Å²) in [6.45, 7) is 4.73. The van der Waals surface area contributed by atoms with Crippen LogP contribution in [0.25, 0.3) is 0 Å². The molecule has 0 amide bonds. The number of benzene rings is 1. The summed E-state index contributed by atoms with van der Waals surface area (Å²) in [5, 5.41) is 4.45.